The number of hydrogen-bond donors (Lipinski definition) is 1. The number of amides is 1. The zero-order valence-electron chi connectivity index (χ0n) is 12.9. The summed E-state index contributed by atoms with van der Waals surface area (Å²) in [5, 5.41) is 5.93. The summed E-state index contributed by atoms with van der Waals surface area (Å²) >= 11 is 3.28. The fourth-order valence-corrected chi connectivity index (χ4v) is 3.58. The molecule has 0 bridgehead atoms. The SMILES string of the molecule is CSc1ccc(C(=O)NCc2csc(N3CCOCC3)n2)cc1. The molecule has 0 atom stereocenters. The first-order valence-electron chi connectivity index (χ1n) is 7.45. The van der Waals surface area contributed by atoms with Gasteiger partial charge in [0.1, 0.15) is 0 Å². The lowest BCUT2D eigenvalue weighted by Gasteiger charge is -2.26. The van der Waals surface area contributed by atoms with E-state index in [2.05, 4.69) is 15.2 Å². The number of benzene rings is 1. The third kappa shape index (κ3) is 4.25. The molecule has 1 amide bonds. The number of nitrogens with zero attached hydrogens (tertiary/aromatic N) is 2. The van der Waals surface area contributed by atoms with Crippen molar-refractivity contribution < 1.29 is 9.53 Å². The normalized spacial score (nSPS) is 14.7. The van der Waals surface area contributed by atoms with Crippen LogP contribution in [0.2, 0.25) is 0 Å². The molecule has 0 spiro atoms. The van der Waals surface area contributed by atoms with E-state index >= 15 is 0 Å². The maximum Gasteiger partial charge on any atom is 0.251 e. The van der Waals surface area contributed by atoms with Crippen molar-refractivity contribution in [1.29, 1.82) is 0 Å². The van der Waals surface area contributed by atoms with E-state index in [1.54, 1.807) is 23.1 Å². The Morgan fingerprint density at radius 1 is 1.35 bits per heavy atom. The van der Waals surface area contributed by atoms with Gasteiger partial charge in [0.05, 0.1) is 25.5 Å². The number of carbonyl (C=O) groups is 1. The minimum absolute atomic E-state index is 0.0708. The number of carbonyl (C=O) groups excluding carboxylic acids is 1. The van der Waals surface area contributed by atoms with Crippen molar-refractivity contribution in [2.45, 2.75) is 11.4 Å². The molecule has 1 fully saturated rings. The summed E-state index contributed by atoms with van der Waals surface area (Å²) in [6.45, 7) is 3.70. The summed E-state index contributed by atoms with van der Waals surface area (Å²) in [6, 6.07) is 7.61. The van der Waals surface area contributed by atoms with Gasteiger partial charge in [0, 0.05) is 28.9 Å². The maximum atomic E-state index is 12.2. The molecule has 1 aromatic carbocycles. The molecule has 5 nitrogen and oxygen atoms in total. The second-order valence-electron chi connectivity index (χ2n) is 5.13. The molecule has 2 aromatic rings. The fourth-order valence-electron chi connectivity index (χ4n) is 2.29. The van der Waals surface area contributed by atoms with Crippen molar-refractivity contribution in [2.24, 2.45) is 0 Å². The average Bonchev–Trinajstić information content (AvgIpc) is 3.09. The van der Waals surface area contributed by atoms with Crippen molar-refractivity contribution in [1.82, 2.24) is 10.3 Å². The average molecular weight is 349 g/mol. The van der Waals surface area contributed by atoms with Crippen LogP contribution in [0.15, 0.2) is 34.5 Å². The van der Waals surface area contributed by atoms with Crippen LogP contribution in [0.3, 0.4) is 0 Å². The zero-order chi connectivity index (χ0) is 16.1. The molecule has 0 radical (unpaired) electrons. The van der Waals surface area contributed by atoms with Crippen LogP contribution >= 0.6 is 23.1 Å². The first-order valence-corrected chi connectivity index (χ1v) is 9.56. The third-order valence-electron chi connectivity index (χ3n) is 3.60. The van der Waals surface area contributed by atoms with Crippen molar-refractivity contribution in [2.75, 3.05) is 37.5 Å². The number of morpholine rings is 1. The molecule has 0 unspecified atom stereocenters. The smallest absolute Gasteiger partial charge is 0.251 e. The van der Waals surface area contributed by atoms with Crippen LogP contribution in [0.25, 0.3) is 0 Å². The summed E-state index contributed by atoms with van der Waals surface area (Å²) in [6.07, 6.45) is 2.02. The fraction of sp³-hybridized carbons (Fsp3) is 0.375. The highest BCUT2D eigenvalue weighted by molar-refractivity contribution is 7.98. The first-order chi connectivity index (χ1) is 11.3. The van der Waals surface area contributed by atoms with Gasteiger partial charge in [0.2, 0.25) is 0 Å². The van der Waals surface area contributed by atoms with Crippen LogP contribution < -0.4 is 10.2 Å². The van der Waals surface area contributed by atoms with Crippen molar-refractivity contribution in [3.63, 3.8) is 0 Å². The monoisotopic (exact) mass is 349 g/mol. The summed E-state index contributed by atoms with van der Waals surface area (Å²) in [5.74, 6) is -0.0708. The molecule has 1 saturated heterocycles. The Labute approximate surface area is 144 Å². The van der Waals surface area contributed by atoms with Gasteiger partial charge in [-0.3, -0.25) is 4.79 Å². The second kappa shape index (κ2) is 7.81. The Bertz CT molecular complexity index is 652. The topological polar surface area (TPSA) is 54.5 Å². The molecule has 3 rings (SSSR count). The lowest BCUT2D eigenvalue weighted by atomic mass is 10.2. The van der Waals surface area contributed by atoms with Crippen LogP contribution in [-0.2, 0) is 11.3 Å². The lowest BCUT2D eigenvalue weighted by molar-refractivity contribution is 0.0950. The Morgan fingerprint density at radius 2 is 2.09 bits per heavy atom. The van der Waals surface area contributed by atoms with E-state index in [4.69, 9.17) is 4.74 Å². The molecule has 0 saturated carbocycles. The Kier molecular flexibility index (Phi) is 5.53. The number of anilines is 1. The number of thiazole rings is 1. The van der Waals surface area contributed by atoms with Gasteiger partial charge in [-0.25, -0.2) is 4.98 Å². The van der Waals surface area contributed by atoms with E-state index < -0.39 is 0 Å². The van der Waals surface area contributed by atoms with Gasteiger partial charge in [-0.05, 0) is 30.5 Å². The predicted octanol–water partition coefficient (Wildman–Crippen LogP) is 2.63. The first kappa shape index (κ1) is 16.3. The Morgan fingerprint density at radius 3 is 2.78 bits per heavy atom. The molecular weight excluding hydrogens is 330 g/mol. The van der Waals surface area contributed by atoms with E-state index in [9.17, 15) is 4.79 Å². The van der Waals surface area contributed by atoms with Crippen LogP contribution in [0.4, 0.5) is 5.13 Å². The van der Waals surface area contributed by atoms with Crippen LogP contribution in [-0.4, -0.2) is 43.5 Å². The molecule has 1 aliphatic heterocycles. The largest absolute Gasteiger partial charge is 0.378 e. The number of thioether (sulfide) groups is 1. The molecule has 0 aliphatic carbocycles. The van der Waals surface area contributed by atoms with E-state index in [0.717, 1.165) is 42.0 Å². The number of rotatable bonds is 5. The number of nitrogens with one attached hydrogen (secondary N) is 1. The summed E-state index contributed by atoms with van der Waals surface area (Å²) in [7, 11) is 0. The summed E-state index contributed by atoms with van der Waals surface area (Å²) < 4.78 is 5.35. The van der Waals surface area contributed by atoms with E-state index in [0.29, 0.717) is 12.1 Å². The minimum atomic E-state index is -0.0708. The van der Waals surface area contributed by atoms with Gasteiger partial charge >= 0.3 is 0 Å². The number of aromatic nitrogens is 1. The van der Waals surface area contributed by atoms with Gasteiger partial charge in [-0.1, -0.05) is 0 Å². The van der Waals surface area contributed by atoms with Crippen molar-refractivity contribution in [3.05, 3.63) is 40.9 Å². The highest BCUT2D eigenvalue weighted by atomic mass is 32.2. The molecule has 23 heavy (non-hydrogen) atoms. The van der Waals surface area contributed by atoms with E-state index in [-0.39, 0.29) is 5.91 Å². The predicted molar refractivity (Wildman–Crippen MR) is 94.5 cm³/mol. The molecule has 2 heterocycles. The van der Waals surface area contributed by atoms with Crippen LogP contribution in [0, 0.1) is 0 Å². The van der Waals surface area contributed by atoms with Gasteiger partial charge in [-0.15, -0.1) is 23.1 Å². The highest BCUT2D eigenvalue weighted by Gasteiger charge is 2.15. The highest BCUT2D eigenvalue weighted by Crippen LogP contribution is 2.21. The molecule has 122 valence electrons. The second-order valence-corrected chi connectivity index (χ2v) is 6.85. The molecule has 1 aromatic heterocycles. The molecule has 1 aliphatic rings. The number of hydrogen-bond acceptors (Lipinski definition) is 6. The van der Waals surface area contributed by atoms with Gasteiger partial charge in [0.25, 0.3) is 5.91 Å². The van der Waals surface area contributed by atoms with Gasteiger partial charge in [0.15, 0.2) is 5.13 Å². The van der Waals surface area contributed by atoms with Gasteiger partial charge in [-0.2, -0.15) is 0 Å². The Balaban J connectivity index is 1.55. The minimum Gasteiger partial charge on any atom is -0.378 e. The molecule has 7 heteroatoms. The van der Waals surface area contributed by atoms with Crippen molar-refractivity contribution in [3.8, 4) is 0 Å². The quantitative estimate of drug-likeness (QED) is 0.841. The zero-order valence-corrected chi connectivity index (χ0v) is 14.6. The number of ether oxygens (including phenoxy) is 1. The third-order valence-corrected chi connectivity index (χ3v) is 5.30. The summed E-state index contributed by atoms with van der Waals surface area (Å²) in [4.78, 5) is 20.1. The Hall–Kier alpha value is -1.57. The lowest BCUT2D eigenvalue weighted by Crippen LogP contribution is -2.36. The molecule has 1 N–H and O–H groups in total. The van der Waals surface area contributed by atoms with Crippen molar-refractivity contribution >= 4 is 34.1 Å². The molecular formula is C16H19N3O2S2. The standard InChI is InChI=1S/C16H19N3O2S2/c1-22-14-4-2-12(3-5-14)15(20)17-10-13-11-23-16(18-13)19-6-8-21-9-7-19/h2-5,11H,6-10H2,1H3,(H,17,20). The van der Waals surface area contributed by atoms with E-state index in [1.807, 2.05) is 35.9 Å². The maximum absolute atomic E-state index is 12.2. The van der Waals surface area contributed by atoms with E-state index in [1.165, 1.54) is 0 Å². The van der Waals surface area contributed by atoms with Crippen LogP contribution in [0.1, 0.15) is 16.1 Å². The van der Waals surface area contributed by atoms with Crippen LogP contribution in [0.5, 0.6) is 0 Å². The van der Waals surface area contributed by atoms with Gasteiger partial charge < -0.3 is 15.0 Å². The summed E-state index contributed by atoms with van der Waals surface area (Å²) in [5.41, 5.74) is 1.57.